The van der Waals surface area contributed by atoms with Gasteiger partial charge in [0.2, 0.25) is 17.8 Å². The van der Waals surface area contributed by atoms with Crippen molar-refractivity contribution in [2.75, 3.05) is 17.2 Å². The predicted molar refractivity (Wildman–Crippen MR) is 88.0 cm³/mol. The van der Waals surface area contributed by atoms with E-state index in [1.54, 1.807) is 24.7 Å². The summed E-state index contributed by atoms with van der Waals surface area (Å²) in [5.74, 6) is 1.14. The van der Waals surface area contributed by atoms with Crippen LogP contribution < -0.4 is 10.6 Å². The Morgan fingerprint density at radius 1 is 1.04 bits per heavy atom. The molecule has 3 aromatic rings. The van der Waals surface area contributed by atoms with E-state index in [4.69, 9.17) is 0 Å². The molecule has 0 aliphatic carbocycles. The molecule has 122 valence electrons. The van der Waals surface area contributed by atoms with Crippen LogP contribution in [-0.4, -0.2) is 42.6 Å². The van der Waals surface area contributed by atoms with E-state index in [2.05, 4.69) is 40.8 Å². The van der Waals surface area contributed by atoms with Gasteiger partial charge in [-0.1, -0.05) is 6.07 Å². The summed E-state index contributed by atoms with van der Waals surface area (Å²) in [4.78, 5) is 28.3. The van der Waals surface area contributed by atoms with Crippen molar-refractivity contribution in [1.29, 1.82) is 0 Å². The van der Waals surface area contributed by atoms with Crippen LogP contribution in [0.1, 0.15) is 12.8 Å². The molecule has 3 N–H and O–H groups in total. The molecule has 0 aromatic carbocycles. The summed E-state index contributed by atoms with van der Waals surface area (Å²) in [7, 11) is 0. The summed E-state index contributed by atoms with van der Waals surface area (Å²) >= 11 is 0. The number of anilines is 2. The molecule has 0 unspecified atom stereocenters. The van der Waals surface area contributed by atoms with Gasteiger partial charge in [-0.25, -0.2) is 9.97 Å². The summed E-state index contributed by atoms with van der Waals surface area (Å²) in [5.41, 5.74) is 0.664. The lowest BCUT2D eigenvalue weighted by Crippen LogP contribution is -2.14. The van der Waals surface area contributed by atoms with Gasteiger partial charge in [-0.05, 0) is 24.6 Å². The topological polar surface area (TPSA) is 121 Å². The molecule has 0 bridgehead atoms. The van der Waals surface area contributed by atoms with Crippen LogP contribution in [0.4, 0.5) is 11.9 Å². The van der Waals surface area contributed by atoms with Crippen LogP contribution in [0.2, 0.25) is 0 Å². The van der Waals surface area contributed by atoms with Gasteiger partial charge in [0.1, 0.15) is 5.69 Å². The van der Waals surface area contributed by atoms with Gasteiger partial charge in [-0.15, -0.1) is 5.10 Å². The highest BCUT2D eigenvalue weighted by Crippen LogP contribution is 2.12. The molecule has 0 spiro atoms. The average molecular weight is 324 g/mol. The molecule has 3 heterocycles. The van der Waals surface area contributed by atoms with E-state index in [0.717, 1.165) is 0 Å². The van der Waals surface area contributed by atoms with Crippen molar-refractivity contribution in [3.63, 3.8) is 0 Å². The van der Waals surface area contributed by atoms with Crippen LogP contribution in [0.3, 0.4) is 0 Å². The summed E-state index contributed by atoms with van der Waals surface area (Å²) < 4.78 is 0. The number of nitrogens with zero attached hydrogens (tertiary/aromatic N) is 5. The van der Waals surface area contributed by atoms with Gasteiger partial charge < -0.3 is 5.32 Å². The minimum absolute atomic E-state index is 0.155. The first-order chi connectivity index (χ1) is 11.8. The first-order valence-electron chi connectivity index (χ1n) is 7.46. The van der Waals surface area contributed by atoms with E-state index in [-0.39, 0.29) is 11.9 Å². The average Bonchev–Trinajstić information content (AvgIpc) is 3.09. The third kappa shape index (κ3) is 4.32. The van der Waals surface area contributed by atoms with Crippen LogP contribution >= 0.6 is 0 Å². The Kier molecular flexibility index (Phi) is 5.03. The third-order valence-electron chi connectivity index (χ3n) is 3.07. The number of H-pyrrole nitrogens is 1. The molecule has 0 aliphatic rings. The number of hydrogen-bond donors (Lipinski definition) is 3. The van der Waals surface area contributed by atoms with Crippen LogP contribution in [0.15, 0.2) is 42.9 Å². The monoisotopic (exact) mass is 324 g/mol. The fourth-order valence-corrected chi connectivity index (χ4v) is 1.96. The third-order valence-corrected chi connectivity index (χ3v) is 3.07. The van der Waals surface area contributed by atoms with Crippen molar-refractivity contribution >= 4 is 17.8 Å². The number of aromatic amines is 1. The molecule has 0 fully saturated rings. The molecule has 3 aromatic heterocycles. The molecular weight excluding hydrogens is 308 g/mol. The number of amides is 1. The zero-order chi connectivity index (χ0) is 16.6. The Morgan fingerprint density at radius 2 is 1.88 bits per heavy atom. The zero-order valence-corrected chi connectivity index (χ0v) is 12.8. The number of carbonyl (C=O) groups excluding carboxylic acids is 1. The Balaban J connectivity index is 1.43. The molecule has 9 heteroatoms. The highest BCUT2D eigenvalue weighted by molar-refractivity contribution is 5.89. The molecule has 0 saturated carbocycles. The number of rotatable bonds is 7. The molecule has 3 rings (SSSR count). The van der Waals surface area contributed by atoms with E-state index < -0.39 is 0 Å². The number of carbonyl (C=O) groups is 1. The van der Waals surface area contributed by atoms with E-state index in [0.29, 0.717) is 36.9 Å². The quantitative estimate of drug-likeness (QED) is 0.563. The summed E-state index contributed by atoms with van der Waals surface area (Å²) in [6, 6.07) is 7.22. The Morgan fingerprint density at radius 3 is 2.67 bits per heavy atom. The van der Waals surface area contributed by atoms with Crippen LogP contribution in [0, 0.1) is 0 Å². The van der Waals surface area contributed by atoms with Gasteiger partial charge in [-0.2, -0.15) is 4.98 Å². The second kappa shape index (κ2) is 7.77. The molecular formula is C15H16N8O. The molecule has 0 aliphatic heterocycles. The smallest absolute Gasteiger partial charge is 0.249 e. The summed E-state index contributed by atoms with van der Waals surface area (Å²) in [5, 5.41) is 12.4. The largest absolute Gasteiger partial charge is 0.354 e. The fourth-order valence-electron chi connectivity index (χ4n) is 1.96. The number of aromatic nitrogens is 6. The first kappa shape index (κ1) is 15.5. The maximum absolute atomic E-state index is 11.9. The number of hydrogen-bond acceptors (Lipinski definition) is 7. The van der Waals surface area contributed by atoms with Gasteiger partial charge >= 0.3 is 0 Å². The lowest BCUT2D eigenvalue weighted by atomic mass is 10.3. The van der Waals surface area contributed by atoms with E-state index in [9.17, 15) is 4.79 Å². The van der Waals surface area contributed by atoms with Crippen LogP contribution in [0.5, 0.6) is 0 Å². The standard InChI is InChI=1S/C15H16N8O/c24-12(6-3-8-17-14-18-9-4-10-19-14)20-15-21-13(22-23-15)11-5-1-2-7-16-11/h1-2,4-5,7,9-10H,3,6,8H2,(H,17,18,19)(H2,20,21,22,23,24). The minimum atomic E-state index is -0.155. The van der Waals surface area contributed by atoms with Gasteiger partial charge in [0.15, 0.2) is 5.82 Å². The Bertz CT molecular complexity index is 774. The van der Waals surface area contributed by atoms with Crippen molar-refractivity contribution in [2.24, 2.45) is 0 Å². The number of nitrogens with one attached hydrogen (secondary N) is 3. The molecule has 0 radical (unpaired) electrons. The molecule has 1 amide bonds. The molecule has 0 saturated heterocycles. The second-order valence-electron chi connectivity index (χ2n) is 4.87. The van der Waals surface area contributed by atoms with Crippen molar-refractivity contribution in [3.05, 3.63) is 42.9 Å². The Hall–Kier alpha value is -3.36. The summed E-state index contributed by atoms with van der Waals surface area (Å²) in [6.07, 6.45) is 5.96. The Labute approximate surface area is 138 Å². The van der Waals surface area contributed by atoms with Gasteiger partial charge in [-0.3, -0.25) is 20.2 Å². The van der Waals surface area contributed by atoms with Gasteiger partial charge in [0.05, 0.1) is 0 Å². The molecule has 9 nitrogen and oxygen atoms in total. The first-order valence-corrected chi connectivity index (χ1v) is 7.46. The van der Waals surface area contributed by atoms with Crippen LogP contribution in [0.25, 0.3) is 11.5 Å². The summed E-state index contributed by atoms with van der Waals surface area (Å²) in [6.45, 7) is 0.602. The fraction of sp³-hybridized carbons (Fsp3) is 0.200. The highest BCUT2D eigenvalue weighted by atomic mass is 16.1. The molecule has 24 heavy (non-hydrogen) atoms. The van der Waals surface area contributed by atoms with Crippen LogP contribution in [-0.2, 0) is 4.79 Å². The van der Waals surface area contributed by atoms with Crippen molar-refractivity contribution in [2.45, 2.75) is 12.8 Å². The SMILES string of the molecule is O=C(CCCNc1ncccn1)Nc1n[nH]c(-c2ccccn2)n1. The van der Waals surface area contributed by atoms with Gasteiger partial charge in [0.25, 0.3) is 0 Å². The highest BCUT2D eigenvalue weighted by Gasteiger charge is 2.09. The van der Waals surface area contributed by atoms with Crippen molar-refractivity contribution in [1.82, 2.24) is 30.1 Å². The van der Waals surface area contributed by atoms with Crippen molar-refractivity contribution < 1.29 is 4.79 Å². The van der Waals surface area contributed by atoms with E-state index in [1.807, 2.05) is 18.2 Å². The lowest BCUT2D eigenvalue weighted by Gasteiger charge is -2.03. The normalized spacial score (nSPS) is 10.3. The maximum atomic E-state index is 11.9. The van der Waals surface area contributed by atoms with E-state index in [1.165, 1.54) is 0 Å². The second-order valence-corrected chi connectivity index (χ2v) is 4.87. The predicted octanol–water partition coefficient (Wildman–Crippen LogP) is 1.49. The van der Waals surface area contributed by atoms with E-state index >= 15 is 0 Å². The zero-order valence-electron chi connectivity index (χ0n) is 12.8. The lowest BCUT2D eigenvalue weighted by molar-refractivity contribution is -0.116. The minimum Gasteiger partial charge on any atom is -0.354 e. The van der Waals surface area contributed by atoms with Gasteiger partial charge in [0, 0.05) is 31.6 Å². The molecule has 0 atom stereocenters. The van der Waals surface area contributed by atoms with Crippen molar-refractivity contribution in [3.8, 4) is 11.5 Å². The maximum Gasteiger partial charge on any atom is 0.249 e. The number of pyridine rings is 1.